The first-order chi connectivity index (χ1) is 7.61. The van der Waals surface area contributed by atoms with Crippen LogP contribution in [0.4, 0.5) is 5.69 Å². The van der Waals surface area contributed by atoms with Crippen LogP contribution < -0.4 is 5.73 Å². The summed E-state index contributed by atoms with van der Waals surface area (Å²) in [6, 6.07) is 3.93. The van der Waals surface area contributed by atoms with Crippen molar-refractivity contribution in [3.05, 3.63) is 24.0 Å². The van der Waals surface area contributed by atoms with E-state index in [-0.39, 0.29) is 0 Å². The van der Waals surface area contributed by atoms with Crippen molar-refractivity contribution in [1.29, 1.82) is 0 Å². The van der Waals surface area contributed by atoms with Crippen LogP contribution in [0.25, 0.3) is 0 Å². The average Bonchev–Trinajstić information content (AvgIpc) is 2.26. The predicted molar refractivity (Wildman–Crippen MR) is 69.3 cm³/mol. The highest BCUT2D eigenvalue weighted by atomic mass is 15.1. The molecule has 0 bridgehead atoms. The Morgan fingerprint density at radius 3 is 2.62 bits per heavy atom. The molecule has 0 radical (unpaired) electrons. The summed E-state index contributed by atoms with van der Waals surface area (Å²) in [4.78, 5) is 6.77. The van der Waals surface area contributed by atoms with E-state index in [1.165, 1.54) is 0 Å². The molecule has 0 aromatic carbocycles. The van der Waals surface area contributed by atoms with Crippen molar-refractivity contribution in [2.75, 3.05) is 25.4 Å². The molecule has 0 amide bonds. The number of rotatable bonds is 6. The Balaban J connectivity index is 2.40. The first kappa shape index (κ1) is 13.0. The molecule has 3 heteroatoms. The highest BCUT2D eigenvalue weighted by Crippen LogP contribution is 2.04. The third kappa shape index (κ3) is 4.62. The number of nitrogen functional groups attached to an aromatic ring is 1. The average molecular weight is 221 g/mol. The van der Waals surface area contributed by atoms with E-state index in [1.54, 1.807) is 6.20 Å². The summed E-state index contributed by atoms with van der Waals surface area (Å²) < 4.78 is 0. The van der Waals surface area contributed by atoms with Gasteiger partial charge >= 0.3 is 0 Å². The Hall–Kier alpha value is -1.09. The summed E-state index contributed by atoms with van der Waals surface area (Å²) in [7, 11) is 0. The Morgan fingerprint density at radius 2 is 2.12 bits per heavy atom. The molecule has 0 spiro atoms. The summed E-state index contributed by atoms with van der Waals surface area (Å²) >= 11 is 0. The summed E-state index contributed by atoms with van der Waals surface area (Å²) in [5, 5.41) is 0. The van der Waals surface area contributed by atoms with Crippen molar-refractivity contribution in [3.63, 3.8) is 0 Å². The van der Waals surface area contributed by atoms with Crippen LogP contribution in [0.5, 0.6) is 0 Å². The van der Waals surface area contributed by atoms with Gasteiger partial charge in [0.15, 0.2) is 0 Å². The molecule has 16 heavy (non-hydrogen) atoms. The van der Waals surface area contributed by atoms with Gasteiger partial charge in [-0.2, -0.15) is 0 Å². The van der Waals surface area contributed by atoms with Gasteiger partial charge in [0.2, 0.25) is 0 Å². The van der Waals surface area contributed by atoms with E-state index in [0.717, 1.165) is 43.4 Å². The number of nitrogens with two attached hydrogens (primary N) is 1. The van der Waals surface area contributed by atoms with Crippen LogP contribution in [0.1, 0.15) is 26.5 Å². The van der Waals surface area contributed by atoms with E-state index >= 15 is 0 Å². The minimum Gasteiger partial charge on any atom is -0.397 e. The maximum absolute atomic E-state index is 5.60. The van der Waals surface area contributed by atoms with Crippen molar-refractivity contribution < 1.29 is 0 Å². The van der Waals surface area contributed by atoms with Crippen molar-refractivity contribution in [2.45, 2.75) is 27.2 Å². The van der Waals surface area contributed by atoms with Gasteiger partial charge in [0.05, 0.1) is 11.9 Å². The molecule has 0 saturated carbocycles. The van der Waals surface area contributed by atoms with Crippen LogP contribution in [-0.4, -0.2) is 29.5 Å². The molecule has 0 saturated heterocycles. The van der Waals surface area contributed by atoms with Gasteiger partial charge in [0.25, 0.3) is 0 Å². The molecule has 3 nitrogen and oxygen atoms in total. The lowest BCUT2D eigenvalue weighted by Gasteiger charge is -2.22. The third-order valence-electron chi connectivity index (χ3n) is 2.60. The summed E-state index contributed by atoms with van der Waals surface area (Å²) in [6.45, 7) is 10.1. The number of nitrogens with zero attached hydrogens (tertiary/aromatic N) is 2. The first-order valence-corrected chi connectivity index (χ1v) is 6.04. The Kier molecular flexibility index (Phi) is 5.26. The molecule has 0 aliphatic heterocycles. The second-order valence-corrected chi connectivity index (χ2v) is 4.62. The van der Waals surface area contributed by atoms with Gasteiger partial charge in [-0.05, 0) is 24.6 Å². The van der Waals surface area contributed by atoms with Gasteiger partial charge in [0, 0.05) is 25.2 Å². The molecular formula is C13H23N3. The van der Waals surface area contributed by atoms with Gasteiger partial charge in [-0.3, -0.25) is 4.98 Å². The number of likely N-dealkylation sites (N-methyl/N-ethyl adjacent to an activating group) is 1. The Labute approximate surface area is 98.7 Å². The normalized spacial score (nSPS) is 11.3. The molecule has 90 valence electrons. The number of hydrogen-bond donors (Lipinski definition) is 1. The molecule has 0 atom stereocenters. The van der Waals surface area contributed by atoms with E-state index in [4.69, 9.17) is 5.73 Å². The Bertz CT molecular complexity index is 293. The zero-order valence-electron chi connectivity index (χ0n) is 10.6. The maximum atomic E-state index is 5.60. The van der Waals surface area contributed by atoms with Gasteiger partial charge in [-0.15, -0.1) is 0 Å². The van der Waals surface area contributed by atoms with Crippen LogP contribution >= 0.6 is 0 Å². The van der Waals surface area contributed by atoms with Crippen LogP contribution in [0.3, 0.4) is 0 Å². The van der Waals surface area contributed by atoms with Crippen LogP contribution in [-0.2, 0) is 6.42 Å². The van der Waals surface area contributed by atoms with E-state index in [9.17, 15) is 0 Å². The fraction of sp³-hybridized carbons (Fsp3) is 0.615. The number of pyridine rings is 1. The standard InChI is InChI=1S/C13H23N3/c1-4-16(10-11(2)3)8-7-13-6-5-12(14)9-15-13/h5-6,9,11H,4,7-8,10,14H2,1-3H3. The topological polar surface area (TPSA) is 42.1 Å². The quantitative estimate of drug-likeness (QED) is 0.800. The minimum atomic E-state index is 0.722. The van der Waals surface area contributed by atoms with Crippen molar-refractivity contribution in [2.24, 2.45) is 5.92 Å². The van der Waals surface area contributed by atoms with Crippen LogP contribution in [0.15, 0.2) is 18.3 Å². The first-order valence-electron chi connectivity index (χ1n) is 6.04. The van der Waals surface area contributed by atoms with Gasteiger partial charge in [-0.25, -0.2) is 0 Å². The summed E-state index contributed by atoms with van der Waals surface area (Å²) in [5.74, 6) is 0.722. The molecule has 0 aliphatic carbocycles. The SMILES string of the molecule is CCN(CCc1ccc(N)cn1)CC(C)C. The lowest BCUT2D eigenvalue weighted by molar-refractivity contribution is 0.258. The van der Waals surface area contributed by atoms with Crippen molar-refractivity contribution in [3.8, 4) is 0 Å². The van der Waals surface area contributed by atoms with Crippen LogP contribution in [0, 0.1) is 5.92 Å². The molecule has 1 aromatic rings. The monoisotopic (exact) mass is 221 g/mol. The van der Waals surface area contributed by atoms with E-state index in [0.29, 0.717) is 0 Å². The summed E-state index contributed by atoms with van der Waals surface area (Å²) in [5.41, 5.74) is 7.46. The second kappa shape index (κ2) is 6.48. The zero-order valence-corrected chi connectivity index (χ0v) is 10.6. The highest BCUT2D eigenvalue weighted by molar-refractivity contribution is 5.34. The van der Waals surface area contributed by atoms with Gasteiger partial charge < -0.3 is 10.6 Å². The van der Waals surface area contributed by atoms with E-state index in [2.05, 4.69) is 30.7 Å². The molecule has 2 N–H and O–H groups in total. The van der Waals surface area contributed by atoms with Crippen molar-refractivity contribution in [1.82, 2.24) is 9.88 Å². The summed E-state index contributed by atoms with van der Waals surface area (Å²) in [6.07, 6.45) is 2.73. The molecule has 1 aromatic heterocycles. The molecule has 1 rings (SSSR count). The molecule has 1 heterocycles. The lowest BCUT2D eigenvalue weighted by atomic mass is 10.2. The molecule has 0 unspecified atom stereocenters. The minimum absolute atomic E-state index is 0.722. The van der Waals surface area contributed by atoms with Crippen molar-refractivity contribution >= 4 is 5.69 Å². The molecule has 0 aliphatic rings. The second-order valence-electron chi connectivity index (χ2n) is 4.62. The fourth-order valence-corrected chi connectivity index (χ4v) is 1.75. The number of anilines is 1. The third-order valence-corrected chi connectivity index (χ3v) is 2.60. The maximum Gasteiger partial charge on any atom is 0.0501 e. The van der Waals surface area contributed by atoms with Crippen LogP contribution in [0.2, 0.25) is 0 Å². The highest BCUT2D eigenvalue weighted by Gasteiger charge is 2.05. The fourth-order valence-electron chi connectivity index (χ4n) is 1.75. The van der Waals surface area contributed by atoms with Gasteiger partial charge in [0.1, 0.15) is 0 Å². The zero-order chi connectivity index (χ0) is 12.0. The predicted octanol–water partition coefficient (Wildman–Crippen LogP) is 2.18. The smallest absolute Gasteiger partial charge is 0.0501 e. The lowest BCUT2D eigenvalue weighted by Crippen LogP contribution is -2.29. The Morgan fingerprint density at radius 1 is 1.38 bits per heavy atom. The molecule has 0 fully saturated rings. The largest absolute Gasteiger partial charge is 0.397 e. The molecular weight excluding hydrogens is 198 g/mol. The number of aromatic nitrogens is 1. The van der Waals surface area contributed by atoms with E-state index < -0.39 is 0 Å². The van der Waals surface area contributed by atoms with E-state index in [1.807, 2.05) is 12.1 Å². The van der Waals surface area contributed by atoms with Gasteiger partial charge in [-0.1, -0.05) is 20.8 Å². The number of hydrogen-bond acceptors (Lipinski definition) is 3.